The first-order valence-electron chi connectivity index (χ1n) is 23.0. The zero-order valence-electron chi connectivity index (χ0n) is 36.3. The molecule has 7 heterocycles. The van der Waals surface area contributed by atoms with Crippen LogP contribution in [-0.2, 0) is 20.9 Å². The molecule has 1 atom stereocenters. The zero-order valence-corrected chi connectivity index (χ0v) is 37.1. The molecule has 63 heavy (non-hydrogen) atoms. The van der Waals surface area contributed by atoms with Crippen LogP contribution in [0.5, 0.6) is 0 Å². The summed E-state index contributed by atoms with van der Waals surface area (Å²) in [5.74, 6) is 1.74. The molecule has 15 heteroatoms. The summed E-state index contributed by atoms with van der Waals surface area (Å²) in [6.45, 7) is 9.92. The lowest BCUT2D eigenvalue weighted by Gasteiger charge is -2.43. The summed E-state index contributed by atoms with van der Waals surface area (Å²) in [6, 6.07) is 13.6. The minimum Gasteiger partial charge on any atom is -0.357 e. The number of fused-ring (bicyclic) bond motifs is 1. The quantitative estimate of drug-likeness (QED) is 0.0880. The average molecular weight is 876 g/mol. The highest BCUT2D eigenvalue weighted by atomic mass is 32.2. The third-order valence-electron chi connectivity index (χ3n) is 13.5. The number of amides is 5. The molecule has 0 saturated carbocycles. The highest BCUT2D eigenvalue weighted by Crippen LogP contribution is 2.35. The fraction of sp³-hybridized carbons (Fsp3) is 0.521. The van der Waals surface area contributed by atoms with E-state index in [2.05, 4.69) is 36.4 Å². The van der Waals surface area contributed by atoms with Gasteiger partial charge in [-0.1, -0.05) is 25.0 Å². The fourth-order valence-corrected chi connectivity index (χ4v) is 10.8. The maximum atomic E-state index is 13.4. The van der Waals surface area contributed by atoms with Gasteiger partial charge in [-0.3, -0.25) is 39.2 Å². The van der Waals surface area contributed by atoms with Crippen molar-refractivity contribution in [1.82, 2.24) is 40.2 Å². The van der Waals surface area contributed by atoms with Crippen molar-refractivity contribution in [3.63, 3.8) is 0 Å². The van der Waals surface area contributed by atoms with Crippen LogP contribution in [0.2, 0.25) is 0 Å². The van der Waals surface area contributed by atoms with Crippen LogP contribution in [0.15, 0.2) is 72.0 Å². The van der Waals surface area contributed by atoms with E-state index in [1.807, 2.05) is 41.3 Å². The third-order valence-corrected chi connectivity index (χ3v) is 14.7. The number of hydrogen-bond donors (Lipinski definition) is 2. The second kappa shape index (κ2) is 21.5. The van der Waals surface area contributed by atoms with E-state index < -0.39 is 6.04 Å². The molecule has 1 aromatic carbocycles. The molecule has 334 valence electrons. The van der Waals surface area contributed by atoms with Crippen LogP contribution in [-0.4, -0.2) is 142 Å². The van der Waals surface area contributed by atoms with Gasteiger partial charge in [-0.15, -0.1) is 11.8 Å². The predicted octanol–water partition coefficient (Wildman–Crippen LogP) is 4.86. The Morgan fingerprint density at radius 3 is 2.43 bits per heavy atom. The highest BCUT2D eigenvalue weighted by molar-refractivity contribution is 7.99. The van der Waals surface area contributed by atoms with Crippen LogP contribution in [0.3, 0.4) is 0 Å². The molecule has 5 aliphatic heterocycles. The Morgan fingerprint density at radius 2 is 1.68 bits per heavy atom. The van der Waals surface area contributed by atoms with Crippen LogP contribution >= 0.6 is 11.8 Å². The number of likely N-dealkylation sites (tertiary alicyclic amines) is 1. The van der Waals surface area contributed by atoms with Crippen LogP contribution in [0.25, 0.3) is 6.08 Å². The van der Waals surface area contributed by atoms with Gasteiger partial charge in [-0.2, -0.15) is 0 Å². The van der Waals surface area contributed by atoms with Gasteiger partial charge >= 0.3 is 0 Å². The van der Waals surface area contributed by atoms with Crippen molar-refractivity contribution in [3.05, 3.63) is 89.4 Å². The minimum absolute atomic E-state index is 0.0725. The number of carbonyl (C=O) groups is 5. The molecular weight excluding hydrogens is 815 g/mol. The first kappa shape index (κ1) is 44.5. The summed E-state index contributed by atoms with van der Waals surface area (Å²) in [5, 5.41) is 5.35. The molecule has 3 aromatic rings. The van der Waals surface area contributed by atoms with E-state index in [4.69, 9.17) is 4.98 Å². The topological polar surface area (TPSA) is 151 Å². The number of rotatable bonds is 16. The largest absolute Gasteiger partial charge is 0.357 e. The highest BCUT2D eigenvalue weighted by Gasteiger charge is 2.40. The second-order valence-electron chi connectivity index (χ2n) is 17.5. The zero-order chi connectivity index (χ0) is 43.5. The van der Waals surface area contributed by atoms with Gasteiger partial charge in [0.1, 0.15) is 11.9 Å². The summed E-state index contributed by atoms with van der Waals surface area (Å²) < 4.78 is 0. The monoisotopic (exact) mass is 875 g/mol. The number of thioether (sulfide) groups is 1. The molecule has 0 radical (unpaired) electrons. The Hall–Kier alpha value is -5.12. The van der Waals surface area contributed by atoms with Gasteiger partial charge in [-0.05, 0) is 111 Å². The molecule has 2 aromatic heterocycles. The maximum absolute atomic E-state index is 13.4. The average Bonchev–Trinajstić information content (AvgIpc) is 3.66. The summed E-state index contributed by atoms with van der Waals surface area (Å²) >= 11 is 1.79. The second-order valence-corrected chi connectivity index (χ2v) is 18.7. The number of imide groups is 1. The molecule has 14 nitrogen and oxygen atoms in total. The Labute approximate surface area is 375 Å². The van der Waals surface area contributed by atoms with Crippen molar-refractivity contribution in [1.29, 1.82) is 0 Å². The van der Waals surface area contributed by atoms with Gasteiger partial charge in [0, 0.05) is 113 Å². The van der Waals surface area contributed by atoms with E-state index in [9.17, 15) is 24.0 Å². The van der Waals surface area contributed by atoms with Crippen LogP contribution in [0, 0.1) is 5.92 Å². The normalized spacial score (nSPS) is 20.7. The van der Waals surface area contributed by atoms with E-state index >= 15 is 0 Å². The molecule has 1 unspecified atom stereocenters. The summed E-state index contributed by atoms with van der Waals surface area (Å²) in [4.78, 5) is 84.0. The number of piperazine rings is 1. The van der Waals surface area contributed by atoms with Gasteiger partial charge in [0.2, 0.25) is 17.7 Å². The van der Waals surface area contributed by atoms with Gasteiger partial charge < -0.3 is 24.9 Å². The van der Waals surface area contributed by atoms with Crippen LogP contribution < -0.4 is 15.5 Å². The summed E-state index contributed by atoms with van der Waals surface area (Å²) in [6.07, 6.45) is 17.6. The van der Waals surface area contributed by atoms with E-state index in [1.54, 1.807) is 47.4 Å². The lowest BCUT2D eigenvalue weighted by atomic mass is 9.91. The lowest BCUT2D eigenvalue weighted by molar-refractivity contribution is -0.137. The van der Waals surface area contributed by atoms with Crippen molar-refractivity contribution in [2.24, 2.45) is 5.92 Å². The predicted molar refractivity (Wildman–Crippen MR) is 244 cm³/mol. The van der Waals surface area contributed by atoms with E-state index in [0.29, 0.717) is 42.6 Å². The fourth-order valence-electron chi connectivity index (χ4n) is 9.76. The molecule has 4 saturated heterocycles. The van der Waals surface area contributed by atoms with Gasteiger partial charge in [0.15, 0.2) is 0 Å². The van der Waals surface area contributed by atoms with E-state index in [0.717, 1.165) is 138 Å². The molecular formula is C48H61N9O5S. The van der Waals surface area contributed by atoms with Crippen LogP contribution in [0.1, 0.15) is 96.1 Å². The Kier molecular flexibility index (Phi) is 15.2. The van der Waals surface area contributed by atoms with Gasteiger partial charge in [-0.25, -0.2) is 4.98 Å². The summed E-state index contributed by atoms with van der Waals surface area (Å²) in [5.41, 5.74) is 3.24. The number of piperidine rings is 3. The summed E-state index contributed by atoms with van der Waals surface area (Å²) in [7, 11) is 0. The first-order valence-corrected chi connectivity index (χ1v) is 24.0. The van der Waals surface area contributed by atoms with Crippen molar-refractivity contribution < 1.29 is 24.0 Å². The molecule has 5 amide bonds. The Bertz CT molecular complexity index is 2100. The lowest BCUT2D eigenvalue weighted by Crippen LogP contribution is -2.53. The number of aromatic nitrogens is 2. The van der Waals surface area contributed by atoms with Gasteiger partial charge in [0.25, 0.3) is 11.8 Å². The van der Waals surface area contributed by atoms with E-state index in [1.165, 1.54) is 0 Å². The molecule has 0 spiro atoms. The number of nitrogens with one attached hydrogen (secondary N) is 2. The van der Waals surface area contributed by atoms with Crippen molar-refractivity contribution in [3.8, 4) is 0 Å². The van der Waals surface area contributed by atoms with Gasteiger partial charge in [0.05, 0.1) is 5.56 Å². The van der Waals surface area contributed by atoms with Crippen molar-refractivity contribution in [2.75, 3.05) is 76.1 Å². The number of anilines is 1. The molecule has 0 aliphatic carbocycles. The molecule has 5 aliphatic rings. The Balaban J connectivity index is 0.681. The maximum Gasteiger partial charge on any atom is 0.255 e. The van der Waals surface area contributed by atoms with Crippen molar-refractivity contribution >= 4 is 53.2 Å². The molecule has 0 bridgehead atoms. The third kappa shape index (κ3) is 11.5. The standard InChI is InChI=1S/C48H61N9O5S/c58-44(14-10-36-7-4-20-49-32-36)50-21-2-1-6-35-16-23-56(24-17-35)47(61)37-11-13-43(51-33-37)55-25-18-38(19-26-55)54-29-27-53(28-30-54)22-5-31-63-42-9-3-8-39-40(42)34-57(48(39)62)41-12-15-45(59)52-46(41)60/h3-4,7-11,13-14,20,32-33,35,38,41H,1-2,5-6,12,15-19,21-31,34H2,(H,50,58)(H,52,59,60)/b14-10+. The first-order chi connectivity index (χ1) is 30.8. The number of pyridine rings is 2. The number of benzene rings is 1. The molecule has 8 rings (SSSR count). The molecule has 4 fully saturated rings. The SMILES string of the molecule is O=C(/C=C/c1cccnc1)NCCCCC1CCN(C(=O)c2ccc(N3CCC(N4CCN(CCCSc5cccc6c5CN(C5CCC(=O)NC5=O)C6=O)CC4)CC3)nc2)CC1. The number of hydrogen-bond acceptors (Lipinski definition) is 11. The number of nitrogens with zero attached hydrogens (tertiary/aromatic N) is 7. The molecule has 2 N–H and O–H groups in total. The van der Waals surface area contributed by atoms with Crippen molar-refractivity contribution in [2.45, 2.75) is 87.7 Å². The van der Waals surface area contributed by atoms with Crippen LogP contribution in [0.4, 0.5) is 5.82 Å². The number of unbranched alkanes of at least 4 members (excludes halogenated alkanes) is 1. The number of carbonyl (C=O) groups excluding carboxylic acids is 5. The Morgan fingerprint density at radius 1 is 0.857 bits per heavy atom. The smallest absolute Gasteiger partial charge is 0.255 e. The van der Waals surface area contributed by atoms with E-state index in [-0.39, 0.29) is 36.0 Å². The minimum atomic E-state index is -0.592.